The second kappa shape index (κ2) is 14.4. The van der Waals surface area contributed by atoms with Crippen LogP contribution >= 0.6 is 0 Å². The molecular weight excluding hydrogens is 332 g/mol. The summed E-state index contributed by atoms with van der Waals surface area (Å²) in [5.41, 5.74) is 1.35. The van der Waals surface area contributed by atoms with Crippen LogP contribution in [-0.4, -0.2) is 22.8 Å². The van der Waals surface area contributed by atoms with Crippen molar-refractivity contribution in [3.05, 3.63) is 54.6 Å². The zero-order valence-corrected chi connectivity index (χ0v) is 17.2. The first-order chi connectivity index (χ1) is 13.4. The Hall–Kier alpha value is -1.61. The topological polar surface area (TPSA) is 27.1 Å². The molecule has 2 rings (SSSR count). The molecule has 0 saturated heterocycles. The lowest BCUT2D eigenvalue weighted by molar-refractivity contribution is 0.0986. The molecule has 0 aliphatic carbocycles. The van der Waals surface area contributed by atoms with E-state index < -0.39 is 0 Å². The minimum absolute atomic E-state index is 0.318. The highest BCUT2D eigenvalue weighted by Crippen LogP contribution is 2.15. The van der Waals surface area contributed by atoms with E-state index in [1.165, 1.54) is 69.8 Å². The van der Waals surface area contributed by atoms with Gasteiger partial charge in [0.15, 0.2) is 0 Å². The third-order valence-corrected chi connectivity index (χ3v) is 5.21. The molecule has 0 radical (unpaired) electrons. The maximum absolute atomic E-state index is 6.02. The molecule has 0 spiro atoms. The van der Waals surface area contributed by atoms with Gasteiger partial charge in [-0.25, -0.2) is 4.98 Å². The van der Waals surface area contributed by atoms with Crippen LogP contribution in [0.25, 0.3) is 0 Å². The maximum atomic E-state index is 6.02. The molecule has 0 unspecified atom stereocenters. The van der Waals surface area contributed by atoms with Gasteiger partial charge in [0.25, 0.3) is 0 Å². The fraction of sp³-hybridized carbons (Fsp3) is 0.625. The summed E-state index contributed by atoms with van der Waals surface area (Å²) >= 11 is 0. The summed E-state index contributed by atoms with van der Waals surface area (Å²) in [6.07, 6.45) is 20.4. The van der Waals surface area contributed by atoms with Gasteiger partial charge < -0.3 is 9.30 Å². The Kier molecular flexibility index (Phi) is 11.6. The van der Waals surface area contributed by atoms with Gasteiger partial charge in [0.2, 0.25) is 0 Å². The second-order valence-corrected chi connectivity index (χ2v) is 7.61. The lowest BCUT2D eigenvalue weighted by atomic mass is 10.1. The fourth-order valence-corrected chi connectivity index (χ4v) is 3.53. The molecule has 0 N–H and O–H groups in total. The summed E-state index contributed by atoms with van der Waals surface area (Å²) in [6, 6.07) is 11.0. The van der Waals surface area contributed by atoms with Crippen molar-refractivity contribution in [3.63, 3.8) is 0 Å². The molecule has 0 bridgehead atoms. The third-order valence-electron chi connectivity index (χ3n) is 5.21. The molecule has 0 fully saturated rings. The summed E-state index contributed by atoms with van der Waals surface area (Å²) in [4.78, 5) is 4.20. The van der Waals surface area contributed by atoms with Crippen LogP contribution in [0.2, 0.25) is 0 Å². The van der Waals surface area contributed by atoms with Gasteiger partial charge in [0, 0.05) is 19.0 Å². The van der Waals surface area contributed by atoms with E-state index in [-0.39, 0.29) is 0 Å². The van der Waals surface area contributed by atoms with Gasteiger partial charge in [-0.3, -0.25) is 0 Å². The van der Waals surface area contributed by atoms with Crippen molar-refractivity contribution >= 4 is 0 Å². The van der Waals surface area contributed by atoms with E-state index in [2.05, 4.69) is 46.8 Å². The highest BCUT2D eigenvalue weighted by atomic mass is 16.5. The number of unbranched alkanes of at least 4 members (excludes halogenated alkanes) is 9. The van der Waals surface area contributed by atoms with E-state index in [9.17, 15) is 0 Å². The average Bonchev–Trinajstić information content (AvgIpc) is 3.23. The predicted octanol–water partition coefficient (Wildman–Crippen LogP) is 6.60. The summed E-state index contributed by atoms with van der Waals surface area (Å²) in [6.45, 7) is 3.90. The van der Waals surface area contributed by atoms with Crippen molar-refractivity contribution in [1.82, 2.24) is 9.55 Å². The minimum atomic E-state index is 0.318. The number of hydrogen-bond donors (Lipinski definition) is 0. The van der Waals surface area contributed by atoms with E-state index in [1.807, 2.05) is 18.7 Å². The molecular formula is C24H38N2O. The largest absolute Gasteiger partial charge is 0.379 e. The molecule has 0 aliphatic rings. The molecule has 150 valence electrons. The van der Waals surface area contributed by atoms with Gasteiger partial charge in [-0.05, 0) is 18.4 Å². The minimum Gasteiger partial charge on any atom is -0.379 e. The summed E-state index contributed by atoms with van der Waals surface area (Å²) in [7, 11) is 0. The van der Waals surface area contributed by atoms with Crippen LogP contribution in [0.4, 0.5) is 0 Å². The second-order valence-electron chi connectivity index (χ2n) is 7.61. The number of aromatic nitrogens is 2. The number of ether oxygens (including phenoxy) is 1. The zero-order chi connectivity index (χ0) is 19.0. The van der Waals surface area contributed by atoms with Crippen LogP contribution in [0.3, 0.4) is 0 Å². The Morgan fingerprint density at radius 3 is 2.19 bits per heavy atom. The fourth-order valence-electron chi connectivity index (χ4n) is 3.53. The highest BCUT2D eigenvalue weighted by Gasteiger charge is 2.11. The Morgan fingerprint density at radius 1 is 0.889 bits per heavy atom. The first kappa shape index (κ1) is 21.7. The quantitative estimate of drug-likeness (QED) is 0.311. The van der Waals surface area contributed by atoms with Crippen molar-refractivity contribution in [2.75, 3.05) is 13.2 Å². The lowest BCUT2D eigenvalue weighted by Crippen LogP contribution is -2.17. The first-order valence-electron chi connectivity index (χ1n) is 11.0. The van der Waals surface area contributed by atoms with Gasteiger partial charge >= 0.3 is 0 Å². The number of imidazole rings is 1. The standard InChI is InChI=1S/C24H38N2O/c1-2-3-4-5-6-7-8-9-10-14-19-27-21-24(26-18-17-25-22-26)20-23-15-12-11-13-16-23/h11-13,15-18,22,24H,2-10,14,19-21H2,1H3/t24-/m0/s1. The number of rotatable bonds is 16. The Bertz CT molecular complexity index is 553. The van der Waals surface area contributed by atoms with Crippen molar-refractivity contribution in [1.29, 1.82) is 0 Å². The average molecular weight is 371 g/mol. The van der Waals surface area contributed by atoms with E-state index in [4.69, 9.17) is 4.74 Å². The smallest absolute Gasteiger partial charge is 0.0949 e. The van der Waals surface area contributed by atoms with Crippen LogP contribution in [0, 0.1) is 0 Å². The summed E-state index contributed by atoms with van der Waals surface area (Å²) in [5.74, 6) is 0. The van der Waals surface area contributed by atoms with Crippen LogP contribution in [0.1, 0.15) is 82.7 Å². The molecule has 3 nitrogen and oxygen atoms in total. The summed E-state index contributed by atoms with van der Waals surface area (Å²) in [5, 5.41) is 0. The van der Waals surface area contributed by atoms with Crippen LogP contribution in [0.5, 0.6) is 0 Å². The number of nitrogens with zero attached hydrogens (tertiary/aromatic N) is 2. The first-order valence-corrected chi connectivity index (χ1v) is 11.0. The molecule has 3 heteroatoms. The maximum Gasteiger partial charge on any atom is 0.0949 e. The van der Waals surface area contributed by atoms with Crippen molar-refractivity contribution in [2.24, 2.45) is 0 Å². The van der Waals surface area contributed by atoms with Gasteiger partial charge in [-0.2, -0.15) is 0 Å². The van der Waals surface area contributed by atoms with E-state index in [1.54, 1.807) is 0 Å². The lowest BCUT2D eigenvalue weighted by Gasteiger charge is -2.19. The SMILES string of the molecule is CCCCCCCCCCCCOC[C@H](Cc1ccccc1)n1ccnc1. The van der Waals surface area contributed by atoms with Gasteiger partial charge in [-0.1, -0.05) is 95.0 Å². The third kappa shape index (κ3) is 9.76. The highest BCUT2D eigenvalue weighted by molar-refractivity contribution is 5.15. The van der Waals surface area contributed by atoms with E-state index >= 15 is 0 Å². The van der Waals surface area contributed by atoms with Gasteiger partial charge in [0.1, 0.15) is 0 Å². The van der Waals surface area contributed by atoms with Gasteiger partial charge in [-0.15, -0.1) is 0 Å². The molecule has 0 amide bonds. The Labute approximate surface area is 166 Å². The molecule has 1 aromatic carbocycles. The van der Waals surface area contributed by atoms with Crippen LogP contribution in [-0.2, 0) is 11.2 Å². The van der Waals surface area contributed by atoms with Gasteiger partial charge in [0.05, 0.1) is 19.0 Å². The molecule has 0 aliphatic heterocycles. The van der Waals surface area contributed by atoms with Crippen LogP contribution < -0.4 is 0 Å². The van der Waals surface area contributed by atoms with Crippen LogP contribution in [0.15, 0.2) is 49.1 Å². The van der Waals surface area contributed by atoms with Crippen molar-refractivity contribution in [2.45, 2.75) is 83.6 Å². The predicted molar refractivity (Wildman–Crippen MR) is 114 cm³/mol. The summed E-state index contributed by atoms with van der Waals surface area (Å²) < 4.78 is 8.19. The normalized spacial score (nSPS) is 12.3. The monoisotopic (exact) mass is 370 g/mol. The number of benzene rings is 1. The Morgan fingerprint density at radius 2 is 1.56 bits per heavy atom. The Balaban J connectivity index is 1.54. The van der Waals surface area contributed by atoms with Crippen molar-refractivity contribution < 1.29 is 4.74 Å². The molecule has 1 aromatic heterocycles. The molecule has 1 heterocycles. The zero-order valence-electron chi connectivity index (χ0n) is 17.2. The van der Waals surface area contributed by atoms with E-state index in [0.717, 1.165) is 19.6 Å². The van der Waals surface area contributed by atoms with E-state index in [0.29, 0.717) is 6.04 Å². The molecule has 1 atom stereocenters. The molecule has 27 heavy (non-hydrogen) atoms. The molecule has 2 aromatic rings. The molecule has 0 saturated carbocycles. The number of hydrogen-bond acceptors (Lipinski definition) is 2. The van der Waals surface area contributed by atoms with Crippen molar-refractivity contribution in [3.8, 4) is 0 Å².